The van der Waals surface area contributed by atoms with Gasteiger partial charge in [0.2, 0.25) is 0 Å². The Hall–Kier alpha value is -0.390. The third-order valence-corrected chi connectivity index (χ3v) is 3.14. The Morgan fingerprint density at radius 1 is 1.35 bits per heavy atom. The maximum absolute atomic E-state index is 5.32. The van der Waals surface area contributed by atoms with E-state index in [0.29, 0.717) is 5.92 Å². The van der Waals surface area contributed by atoms with E-state index in [0.717, 1.165) is 63.9 Å². The van der Waals surface area contributed by atoms with Gasteiger partial charge in [0.15, 0.2) is 5.11 Å². The van der Waals surface area contributed by atoms with Crippen molar-refractivity contribution in [3.05, 3.63) is 0 Å². The molecular formula is C12H24N2O2S. The molecule has 0 spiro atoms. The zero-order valence-corrected chi connectivity index (χ0v) is 11.5. The first kappa shape index (κ1) is 14.7. The summed E-state index contributed by atoms with van der Waals surface area (Å²) in [6.45, 7) is 7.20. The van der Waals surface area contributed by atoms with Crippen LogP contribution >= 0.6 is 12.2 Å². The van der Waals surface area contributed by atoms with Crippen molar-refractivity contribution in [2.24, 2.45) is 5.92 Å². The number of ether oxygens (including phenoxy) is 2. The van der Waals surface area contributed by atoms with Gasteiger partial charge in [0.1, 0.15) is 0 Å². The predicted octanol–water partition coefficient (Wildman–Crippen LogP) is 1.30. The van der Waals surface area contributed by atoms with Crippen molar-refractivity contribution in [1.29, 1.82) is 0 Å². The molecule has 100 valence electrons. The highest BCUT2D eigenvalue weighted by atomic mass is 32.1. The SMILES string of the molecule is CCOCCCNC(=S)NCC1CCOCC1. The molecule has 4 nitrogen and oxygen atoms in total. The minimum Gasteiger partial charge on any atom is -0.382 e. The zero-order valence-electron chi connectivity index (χ0n) is 10.7. The molecule has 0 radical (unpaired) electrons. The summed E-state index contributed by atoms with van der Waals surface area (Å²) in [5.41, 5.74) is 0. The van der Waals surface area contributed by atoms with E-state index in [9.17, 15) is 0 Å². The Balaban J connectivity index is 1.93. The molecular weight excluding hydrogens is 236 g/mol. The summed E-state index contributed by atoms with van der Waals surface area (Å²) in [4.78, 5) is 0. The lowest BCUT2D eigenvalue weighted by atomic mass is 10.0. The standard InChI is InChI=1S/C12H24N2O2S/c1-2-15-7-3-6-13-12(17)14-10-11-4-8-16-9-5-11/h11H,2-10H2,1H3,(H2,13,14,17). The molecule has 0 aromatic carbocycles. The summed E-state index contributed by atoms with van der Waals surface area (Å²) in [6.07, 6.45) is 3.27. The van der Waals surface area contributed by atoms with E-state index in [2.05, 4.69) is 10.6 Å². The first-order valence-corrected chi connectivity index (χ1v) is 6.91. The fourth-order valence-electron chi connectivity index (χ4n) is 1.77. The van der Waals surface area contributed by atoms with Crippen LogP contribution in [-0.4, -0.2) is 44.6 Å². The van der Waals surface area contributed by atoms with E-state index in [1.165, 1.54) is 0 Å². The third-order valence-electron chi connectivity index (χ3n) is 2.85. The van der Waals surface area contributed by atoms with Gasteiger partial charge in [-0.1, -0.05) is 0 Å². The second-order valence-corrected chi connectivity index (χ2v) is 4.65. The molecule has 0 aromatic heterocycles. The Kier molecular flexibility index (Phi) is 8.30. The van der Waals surface area contributed by atoms with Crippen LogP contribution < -0.4 is 10.6 Å². The molecule has 1 aliphatic heterocycles. The molecule has 1 rings (SSSR count). The van der Waals surface area contributed by atoms with Crippen molar-refractivity contribution in [3.8, 4) is 0 Å². The normalized spacial score (nSPS) is 16.8. The van der Waals surface area contributed by atoms with Crippen molar-refractivity contribution >= 4 is 17.3 Å². The maximum atomic E-state index is 5.32. The highest BCUT2D eigenvalue weighted by Gasteiger charge is 2.13. The van der Waals surface area contributed by atoms with Crippen LogP contribution in [0.5, 0.6) is 0 Å². The summed E-state index contributed by atoms with van der Waals surface area (Å²) < 4.78 is 10.6. The smallest absolute Gasteiger partial charge is 0.166 e. The molecule has 1 heterocycles. The van der Waals surface area contributed by atoms with Crippen LogP contribution in [0, 0.1) is 5.92 Å². The van der Waals surface area contributed by atoms with Crippen LogP contribution in [0.2, 0.25) is 0 Å². The Morgan fingerprint density at radius 3 is 2.82 bits per heavy atom. The van der Waals surface area contributed by atoms with Crippen LogP contribution in [0.3, 0.4) is 0 Å². The Bertz CT molecular complexity index is 209. The van der Waals surface area contributed by atoms with Crippen molar-refractivity contribution in [3.63, 3.8) is 0 Å². The van der Waals surface area contributed by atoms with Crippen molar-refractivity contribution in [2.75, 3.05) is 39.5 Å². The molecule has 0 saturated carbocycles. The number of hydrogen-bond donors (Lipinski definition) is 2. The molecule has 1 fully saturated rings. The average Bonchev–Trinajstić information content (AvgIpc) is 2.37. The van der Waals surface area contributed by atoms with Crippen LogP contribution in [0.4, 0.5) is 0 Å². The second-order valence-electron chi connectivity index (χ2n) is 4.24. The van der Waals surface area contributed by atoms with Crippen LogP contribution in [0.15, 0.2) is 0 Å². The van der Waals surface area contributed by atoms with Gasteiger partial charge in [-0.2, -0.15) is 0 Å². The summed E-state index contributed by atoms with van der Waals surface area (Å²) >= 11 is 5.21. The van der Waals surface area contributed by atoms with Gasteiger partial charge in [-0.3, -0.25) is 0 Å². The molecule has 0 aliphatic carbocycles. The van der Waals surface area contributed by atoms with Crippen molar-refractivity contribution < 1.29 is 9.47 Å². The lowest BCUT2D eigenvalue weighted by molar-refractivity contribution is 0.0676. The monoisotopic (exact) mass is 260 g/mol. The summed E-state index contributed by atoms with van der Waals surface area (Å²) in [5, 5.41) is 7.21. The molecule has 2 N–H and O–H groups in total. The van der Waals surface area contributed by atoms with Gasteiger partial charge in [-0.15, -0.1) is 0 Å². The van der Waals surface area contributed by atoms with Gasteiger partial charge in [0, 0.05) is 39.5 Å². The summed E-state index contributed by atoms with van der Waals surface area (Å²) in [5.74, 6) is 0.701. The molecule has 0 aromatic rings. The largest absolute Gasteiger partial charge is 0.382 e. The van der Waals surface area contributed by atoms with Crippen molar-refractivity contribution in [1.82, 2.24) is 10.6 Å². The first-order chi connectivity index (χ1) is 8.33. The molecule has 5 heteroatoms. The molecule has 0 unspecified atom stereocenters. The third kappa shape index (κ3) is 7.52. The van der Waals surface area contributed by atoms with Crippen LogP contribution in [0.1, 0.15) is 26.2 Å². The zero-order chi connectivity index (χ0) is 12.3. The molecule has 0 bridgehead atoms. The first-order valence-electron chi connectivity index (χ1n) is 6.50. The van der Waals surface area contributed by atoms with E-state index in [1.807, 2.05) is 6.92 Å². The fraction of sp³-hybridized carbons (Fsp3) is 0.917. The van der Waals surface area contributed by atoms with Gasteiger partial charge in [-0.05, 0) is 44.3 Å². The van der Waals surface area contributed by atoms with E-state index in [4.69, 9.17) is 21.7 Å². The lowest BCUT2D eigenvalue weighted by Gasteiger charge is -2.23. The average molecular weight is 260 g/mol. The quantitative estimate of drug-likeness (QED) is 0.533. The summed E-state index contributed by atoms with van der Waals surface area (Å²) in [6, 6.07) is 0. The minimum absolute atomic E-state index is 0.701. The lowest BCUT2D eigenvalue weighted by Crippen LogP contribution is -2.39. The molecule has 17 heavy (non-hydrogen) atoms. The summed E-state index contributed by atoms with van der Waals surface area (Å²) in [7, 11) is 0. The number of hydrogen-bond acceptors (Lipinski definition) is 3. The van der Waals surface area contributed by atoms with Gasteiger partial charge in [0.25, 0.3) is 0 Å². The van der Waals surface area contributed by atoms with Gasteiger partial charge in [-0.25, -0.2) is 0 Å². The molecule has 0 atom stereocenters. The highest BCUT2D eigenvalue weighted by molar-refractivity contribution is 7.80. The maximum Gasteiger partial charge on any atom is 0.166 e. The van der Waals surface area contributed by atoms with Crippen LogP contribution in [0.25, 0.3) is 0 Å². The minimum atomic E-state index is 0.701. The Morgan fingerprint density at radius 2 is 2.12 bits per heavy atom. The van der Waals surface area contributed by atoms with E-state index in [1.54, 1.807) is 0 Å². The molecule has 1 aliphatic rings. The topological polar surface area (TPSA) is 42.5 Å². The van der Waals surface area contributed by atoms with E-state index >= 15 is 0 Å². The van der Waals surface area contributed by atoms with E-state index < -0.39 is 0 Å². The Labute approximate surface area is 109 Å². The van der Waals surface area contributed by atoms with Gasteiger partial charge < -0.3 is 20.1 Å². The van der Waals surface area contributed by atoms with Gasteiger partial charge >= 0.3 is 0 Å². The van der Waals surface area contributed by atoms with E-state index in [-0.39, 0.29) is 0 Å². The molecule has 1 saturated heterocycles. The van der Waals surface area contributed by atoms with Gasteiger partial charge in [0.05, 0.1) is 0 Å². The van der Waals surface area contributed by atoms with Crippen LogP contribution in [-0.2, 0) is 9.47 Å². The number of nitrogens with one attached hydrogen (secondary N) is 2. The van der Waals surface area contributed by atoms with Crippen molar-refractivity contribution in [2.45, 2.75) is 26.2 Å². The second kappa shape index (κ2) is 9.62. The highest BCUT2D eigenvalue weighted by Crippen LogP contribution is 2.12. The number of rotatable bonds is 7. The number of thiocarbonyl (C=S) groups is 1. The molecule has 0 amide bonds. The predicted molar refractivity (Wildman–Crippen MR) is 73.3 cm³/mol. The fourth-order valence-corrected chi connectivity index (χ4v) is 1.96.